The molecule has 2 aromatic heterocycles. The van der Waals surface area contributed by atoms with Crippen LogP contribution in [0.1, 0.15) is 11.5 Å². The number of hydrogen-bond acceptors (Lipinski definition) is 6. The summed E-state index contributed by atoms with van der Waals surface area (Å²) in [6.45, 7) is 0. The zero-order valence-corrected chi connectivity index (χ0v) is 18.9. The second-order valence-corrected chi connectivity index (χ2v) is 8.83. The molecule has 0 aliphatic heterocycles. The predicted octanol–water partition coefficient (Wildman–Crippen LogP) is 8.29. The Morgan fingerprint density at radius 2 is 0.941 bits per heavy atom. The highest BCUT2D eigenvalue weighted by Crippen LogP contribution is 2.30. The molecule has 4 rings (SSSR count). The third-order valence-electron chi connectivity index (χ3n) is 4.42. The molecule has 0 bridgehead atoms. The third-order valence-corrected chi connectivity index (χ3v) is 5.86. The van der Waals surface area contributed by atoms with Gasteiger partial charge in [-0.25, -0.2) is 0 Å². The number of halogens is 4. The molecule has 0 fully saturated rings. The van der Waals surface area contributed by atoms with Crippen molar-refractivity contribution < 1.29 is 26.4 Å². The lowest BCUT2D eigenvalue weighted by molar-refractivity contribution is 0.251. The van der Waals surface area contributed by atoms with Crippen LogP contribution >= 0.6 is 23.5 Å². The summed E-state index contributed by atoms with van der Waals surface area (Å²) in [7, 11) is 0. The highest BCUT2D eigenvalue weighted by molar-refractivity contribution is 7.99. The normalized spacial score (nSPS) is 12.1. The lowest BCUT2D eigenvalue weighted by Crippen LogP contribution is -1.81. The molecule has 4 aromatic rings. The fraction of sp³-hybridized carbons (Fsp3) is 0.0833. The van der Waals surface area contributed by atoms with E-state index in [4.69, 9.17) is 8.83 Å². The van der Waals surface area contributed by atoms with Crippen molar-refractivity contribution in [2.45, 2.75) is 21.3 Å². The number of nitrogens with zero attached hydrogens (tertiary/aromatic N) is 2. The maximum atomic E-state index is 12.4. The molecule has 2 heterocycles. The summed E-state index contributed by atoms with van der Waals surface area (Å²) in [6.07, 6.45) is 2.87. The number of thioether (sulfide) groups is 2. The Bertz CT molecular complexity index is 1170. The van der Waals surface area contributed by atoms with Crippen LogP contribution in [-0.2, 0) is 0 Å². The first-order chi connectivity index (χ1) is 16.5. The fourth-order valence-electron chi connectivity index (χ4n) is 2.94. The molecule has 0 aliphatic carbocycles. The number of alkyl halides is 4. The number of benzene rings is 2. The summed E-state index contributed by atoms with van der Waals surface area (Å²) in [5.74, 6) is -2.83. The second kappa shape index (κ2) is 11.3. The van der Waals surface area contributed by atoms with E-state index in [0.717, 1.165) is 11.1 Å². The largest absolute Gasteiger partial charge is 0.455 e. The zero-order chi connectivity index (χ0) is 23.9. The summed E-state index contributed by atoms with van der Waals surface area (Å²) in [5, 5.41) is 7.88. The Balaban J connectivity index is 1.34. The molecule has 2 aromatic carbocycles. The first-order valence-electron chi connectivity index (χ1n) is 9.83. The van der Waals surface area contributed by atoms with Crippen LogP contribution in [0.2, 0.25) is 0 Å². The van der Waals surface area contributed by atoms with Crippen molar-refractivity contribution >= 4 is 36.0 Å². The van der Waals surface area contributed by atoms with Crippen LogP contribution in [0.5, 0.6) is 0 Å². The minimum atomic E-state index is -2.46. The quantitative estimate of drug-likeness (QED) is 0.0996. The molecule has 4 nitrogen and oxygen atoms in total. The molecular weight excluding hydrogens is 488 g/mol. The molecule has 0 atom stereocenters. The monoisotopic (exact) mass is 504 g/mol. The molecule has 0 radical (unpaired) electrons. The SMILES string of the molecule is FC(F)Sc1ccc(-c2ccc(/C=N\N=C\c3ccc(-c4ccc(SC(F)F)cc4)o3)o2)cc1. The highest BCUT2D eigenvalue weighted by Gasteiger charge is 2.09. The van der Waals surface area contributed by atoms with Crippen LogP contribution in [0.25, 0.3) is 22.6 Å². The summed E-state index contributed by atoms with van der Waals surface area (Å²) >= 11 is 0.975. The molecule has 0 saturated heterocycles. The smallest absolute Gasteiger partial charge is 0.288 e. The van der Waals surface area contributed by atoms with Crippen molar-refractivity contribution in [2.24, 2.45) is 10.2 Å². The summed E-state index contributed by atoms with van der Waals surface area (Å²) in [4.78, 5) is 0.954. The number of hydrogen-bond donors (Lipinski definition) is 0. The fourth-order valence-corrected chi connectivity index (χ4v) is 3.93. The van der Waals surface area contributed by atoms with E-state index in [9.17, 15) is 17.6 Å². The minimum absolute atomic E-state index is 0.472. The maximum absolute atomic E-state index is 12.4. The van der Waals surface area contributed by atoms with Crippen LogP contribution in [-0.4, -0.2) is 23.9 Å². The summed E-state index contributed by atoms with van der Waals surface area (Å²) in [5.41, 5.74) is 1.51. The van der Waals surface area contributed by atoms with Gasteiger partial charge in [-0.15, -0.1) is 0 Å². The van der Waals surface area contributed by atoms with Crippen LogP contribution in [0.3, 0.4) is 0 Å². The van der Waals surface area contributed by atoms with Gasteiger partial charge in [-0.1, -0.05) is 47.8 Å². The lowest BCUT2D eigenvalue weighted by Gasteiger charge is -2.01. The van der Waals surface area contributed by atoms with E-state index in [0.29, 0.717) is 56.4 Å². The van der Waals surface area contributed by atoms with E-state index in [2.05, 4.69) is 10.2 Å². The van der Waals surface area contributed by atoms with Gasteiger partial charge in [-0.3, -0.25) is 0 Å². The molecule has 0 amide bonds. The Hall–Kier alpha value is -3.24. The van der Waals surface area contributed by atoms with E-state index in [1.165, 1.54) is 12.4 Å². The molecule has 0 aliphatic rings. The van der Waals surface area contributed by atoms with E-state index < -0.39 is 11.5 Å². The first kappa shape index (κ1) is 23.9. The van der Waals surface area contributed by atoms with Crippen molar-refractivity contribution in [3.8, 4) is 22.6 Å². The lowest BCUT2D eigenvalue weighted by atomic mass is 10.2. The van der Waals surface area contributed by atoms with Crippen molar-refractivity contribution in [3.63, 3.8) is 0 Å². The summed E-state index contributed by atoms with van der Waals surface area (Å²) < 4.78 is 61.1. The average Bonchev–Trinajstić information content (AvgIpc) is 3.47. The van der Waals surface area contributed by atoms with E-state index in [1.54, 1.807) is 72.8 Å². The number of furan rings is 2. The van der Waals surface area contributed by atoms with Crippen LogP contribution in [0.15, 0.2) is 102 Å². The van der Waals surface area contributed by atoms with E-state index in [-0.39, 0.29) is 0 Å². The van der Waals surface area contributed by atoms with Crippen molar-refractivity contribution in [1.29, 1.82) is 0 Å². The van der Waals surface area contributed by atoms with Gasteiger partial charge in [-0.05, 0) is 48.5 Å². The van der Waals surface area contributed by atoms with Crippen LogP contribution < -0.4 is 0 Å². The molecule has 0 spiro atoms. The molecule has 174 valence electrons. The van der Waals surface area contributed by atoms with Gasteiger partial charge < -0.3 is 8.83 Å². The summed E-state index contributed by atoms with van der Waals surface area (Å²) in [6, 6.07) is 20.2. The van der Waals surface area contributed by atoms with Gasteiger partial charge >= 0.3 is 0 Å². The Morgan fingerprint density at radius 1 is 0.559 bits per heavy atom. The molecule has 0 unspecified atom stereocenters. The van der Waals surface area contributed by atoms with Crippen LogP contribution in [0, 0.1) is 0 Å². The van der Waals surface area contributed by atoms with Gasteiger partial charge in [0.25, 0.3) is 11.5 Å². The van der Waals surface area contributed by atoms with E-state index in [1.807, 2.05) is 0 Å². The Labute approximate surface area is 200 Å². The van der Waals surface area contributed by atoms with Gasteiger partial charge in [0.05, 0.1) is 12.4 Å². The molecule has 10 heteroatoms. The Kier molecular flexibility index (Phi) is 7.91. The maximum Gasteiger partial charge on any atom is 0.288 e. The van der Waals surface area contributed by atoms with Crippen molar-refractivity contribution in [1.82, 2.24) is 0 Å². The van der Waals surface area contributed by atoms with Crippen molar-refractivity contribution in [2.75, 3.05) is 0 Å². The zero-order valence-electron chi connectivity index (χ0n) is 17.3. The molecule has 0 saturated carbocycles. The Morgan fingerprint density at radius 3 is 1.29 bits per heavy atom. The minimum Gasteiger partial charge on any atom is -0.455 e. The van der Waals surface area contributed by atoms with Gasteiger partial charge in [0, 0.05) is 20.9 Å². The standard InChI is InChI=1S/C24H16F4N2O2S2/c25-23(26)33-19-7-1-15(2-8-19)21-11-5-17(31-21)13-29-30-14-18-6-12-22(32-18)16-3-9-20(10-4-16)34-24(27)28/h1-14,23-24H/b29-13-,30-14+. The number of rotatable bonds is 9. The highest BCUT2D eigenvalue weighted by atomic mass is 32.2. The topological polar surface area (TPSA) is 51.0 Å². The molecular formula is C24H16F4N2O2S2. The van der Waals surface area contributed by atoms with Crippen LogP contribution in [0.4, 0.5) is 17.6 Å². The van der Waals surface area contributed by atoms with Gasteiger partial charge in [0.15, 0.2) is 0 Å². The van der Waals surface area contributed by atoms with Gasteiger partial charge in [0.1, 0.15) is 23.0 Å². The molecule has 0 N–H and O–H groups in total. The average molecular weight is 505 g/mol. The second-order valence-electron chi connectivity index (χ2n) is 6.70. The van der Waals surface area contributed by atoms with Gasteiger partial charge in [0.2, 0.25) is 0 Å². The first-order valence-corrected chi connectivity index (χ1v) is 11.6. The third kappa shape index (κ3) is 6.64. The van der Waals surface area contributed by atoms with Gasteiger partial charge in [-0.2, -0.15) is 27.8 Å². The predicted molar refractivity (Wildman–Crippen MR) is 127 cm³/mol. The molecule has 34 heavy (non-hydrogen) atoms. The van der Waals surface area contributed by atoms with Crippen molar-refractivity contribution in [3.05, 3.63) is 84.3 Å². The van der Waals surface area contributed by atoms with E-state index >= 15 is 0 Å².